The molecule has 0 radical (unpaired) electrons. The van der Waals surface area contributed by atoms with Crippen molar-refractivity contribution in [3.05, 3.63) is 95.1 Å². The van der Waals surface area contributed by atoms with Gasteiger partial charge < -0.3 is 0 Å². The number of para-hydroxylation sites is 2. The number of fused-ring (bicyclic) bond motifs is 1. The van der Waals surface area contributed by atoms with Gasteiger partial charge in [0.15, 0.2) is 0 Å². The summed E-state index contributed by atoms with van der Waals surface area (Å²) in [6, 6.07) is 26.1. The third-order valence-electron chi connectivity index (χ3n) is 3.96. The van der Waals surface area contributed by atoms with Gasteiger partial charge in [-0.2, -0.15) is 0 Å². The van der Waals surface area contributed by atoms with Crippen LogP contribution < -0.4 is 0 Å². The molecule has 0 aliphatic carbocycles. The topological polar surface area (TPSA) is 25.8 Å². The minimum Gasteiger partial charge on any atom is -0.249 e. The molecule has 116 valence electrons. The number of nitrogens with zero attached hydrogens (tertiary/aromatic N) is 2. The molecule has 0 spiro atoms. The summed E-state index contributed by atoms with van der Waals surface area (Å²) in [6.45, 7) is 0. The number of aromatic nitrogens is 2. The van der Waals surface area contributed by atoms with Gasteiger partial charge in [-0.15, -0.1) is 0 Å². The highest BCUT2D eigenvalue weighted by atomic mass is 35.5. The lowest BCUT2D eigenvalue weighted by Crippen LogP contribution is -2.00. The van der Waals surface area contributed by atoms with E-state index >= 15 is 0 Å². The number of hydrogen-bond acceptors (Lipinski definition) is 2. The van der Waals surface area contributed by atoms with Crippen LogP contribution in [0.2, 0.25) is 5.02 Å². The van der Waals surface area contributed by atoms with Crippen LogP contribution in [0.15, 0.2) is 78.9 Å². The third-order valence-corrected chi connectivity index (χ3v) is 4.19. The minimum absolute atomic E-state index is 0.702. The molecular weight excluding hydrogens is 316 g/mol. The fourth-order valence-electron chi connectivity index (χ4n) is 2.82. The fraction of sp³-hybridized carbons (Fsp3) is 0.0476. The predicted octanol–water partition coefficient (Wildman–Crippen LogP) is 5.54. The van der Waals surface area contributed by atoms with Gasteiger partial charge in [0.05, 0.1) is 22.4 Å². The van der Waals surface area contributed by atoms with E-state index in [1.54, 1.807) is 0 Å². The average molecular weight is 331 g/mol. The summed E-state index contributed by atoms with van der Waals surface area (Å²) < 4.78 is 0. The lowest BCUT2D eigenvalue weighted by Gasteiger charge is -2.11. The number of benzene rings is 3. The van der Waals surface area contributed by atoms with Gasteiger partial charge in [-0.25, -0.2) is 9.97 Å². The van der Waals surface area contributed by atoms with Gasteiger partial charge in [0, 0.05) is 17.0 Å². The Morgan fingerprint density at radius 2 is 1.42 bits per heavy atom. The largest absolute Gasteiger partial charge is 0.249 e. The van der Waals surface area contributed by atoms with Crippen LogP contribution in [0, 0.1) is 0 Å². The van der Waals surface area contributed by atoms with Crippen LogP contribution in [0.25, 0.3) is 22.3 Å². The molecule has 4 aromatic rings. The van der Waals surface area contributed by atoms with E-state index in [2.05, 4.69) is 12.1 Å². The Morgan fingerprint density at radius 1 is 0.708 bits per heavy atom. The SMILES string of the molecule is Clc1cccc(-c2nc3ccccc3nc2Cc2ccccc2)c1. The van der Waals surface area contributed by atoms with Crippen molar-refractivity contribution in [1.82, 2.24) is 9.97 Å². The average Bonchev–Trinajstić information content (AvgIpc) is 2.62. The summed E-state index contributed by atoms with van der Waals surface area (Å²) in [5.74, 6) is 0. The molecule has 0 aliphatic rings. The second kappa shape index (κ2) is 6.42. The van der Waals surface area contributed by atoms with Crippen LogP contribution in [-0.2, 0) is 6.42 Å². The maximum atomic E-state index is 6.18. The lowest BCUT2D eigenvalue weighted by atomic mass is 10.0. The van der Waals surface area contributed by atoms with Gasteiger partial charge in [0.1, 0.15) is 0 Å². The maximum Gasteiger partial charge on any atom is 0.0929 e. The molecule has 0 fully saturated rings. The Balaban J connectivity index is 1.90. The smallest absolute Gasteiger partial charge is 0.0929 e. The molecule has 0 unspecified atom stereocenters. The summed E-state index contributed by atoms with van der Waals surface area (Å²) in [4.78, 5) is 9.73. The first kappa shape index (κ1) is 14.9. The van der Waals surface area contributed by atoms with Crippen molar-refractivity contribution in [1.29, 1.82) is 0 Å². The normalized spacial score (nSPS) is 10.9. The van der Waals surface area contributed by atoms with Crippen molar-refractivity contribution in [3.63, 3.8) is 0 Å². The molecule has 0 saturated heterocycles. The lowest BCUT2D eigenvalue weighted by molar-refractivity contribution is 1.07. The van der Waals surface area contributed by atoms with Crippen molar-refractivity contribution in [3.8, 4) is 11.3 Å². The Kier molecular flexibility index (Phi) is 3.97. The molecule has 0 N–H and O–H groups in total. The molecule has 0 bridgehead atoms. The van der Waals surface area contributed by atoms with Crippen LogP contribution in [0.4, 0.5) is 0 Å². The Hall–Kier alpha value is -2.71. The second-order valence-corrected chi connectivity index (χ2v) is 6.12. The van der Waals surface area contributed by atoms with E-state index < -0.39 is 0 Å². The van der Waals surface area contributed by atoms with Crippen molar-refractivity contribution in [2.75, 3.05) is 0 Å². The van der Waals surface area contributed by atoms with Crippen LogP contribution >= 0.6 is 11.6 Å². The zero-order valence-corrected chi connectivity index (χ0v) is 13.7. The summed E-state index contributed by atoms with van der Waals surface area (Å²) in [5, 5.41) is 0.702. The highest BCUT2D eigenvalue weighted by Gasteiger charge is 2.12. The van der Waals surface area contributed by atoms with E-state index in [1.165, 1.54) is 5.56 Å². The maximum absolute atomic E-state index is 6.18. The molecular formula is C21H15ClN2. The molecule has 4 rings (SSSR count). The van der Waals surface area contributed by atoms with Crippen molar-refractivity contribution in [2.45, 2.75) is 6.42 Å². The Labute approximate surface area is 145 Å². The van der Waals surface area contributed by atoms with E-state index in [4.69, 9.17) is 21.6 Å². The molecule has 3 aromatic carbocycles. The zero-order valence-electron chi connectivity index (χ0n) is 13.0. The molecule has 1 heterocycles. The van der Waals surface area contributed by atoms with Crippen molar-refractivity contribution in [2.24, 2.45) is 0 Å². The molecule has 24 heavy (non-hydrogen) atoms. The first-order chi connectivity index (χ1) is 11.8. The zero-order chi connectivity index (χ0) is 16.4. The first-order valence-corrected chi connectivity index (χ1v) is 8.23. The van der Waals surface area contributed by atoms with Gasteiger partial charge in [-0.1, -0.05) is 66.2 Å². The molecule has 0 atom stereocenters. The summed E-state index contributed by atoms with van der Waals surface area (Å²) in [6.07, 6.45) is 0.737. The number of rotatable bonds is 3. The van der Waals surface area contributed by atoms with E-state index in [-0.39, 0.29) is 0 Å². The summed E-state index contributed by atoms with van der Waals surface area (Å²) in [5.41, 5.74) is 5.86. The van der Waals surface area contributed by atoms with Crippen LogP contribution in [0.5, 0.6) is 0 Å². The summed E-state index contributed by atoms with van der Waals surface area (Å²) in [7, 11) is 0. The van der Waals surface area contributed by atoms with Gasteiger partial charge in [-0.3, -0.25) is 0 Å². The highest BCUT2D eigenvalue weighted by molar-refractivity contribution is 6.30. The standard InChI is InChI=1S/C21H15ClN2/c22-17-10-6-9-16(14-17)21-20(13-15-7-2-1-3-8-15)23-18-11-4-5-12-19(18)24-21/h1-12,14H,13H2. The monoisotopic (exact) mass is 330 g/mol. The Bertz CT molecular complexity index is 997. The second-order valence-electron chi connectivity index (χ2n) is 5.68. The van der Waals surface area contributed by atoms with E-state index in [1.807, 2.05) is 66.7 Å². The molecule has 0 aliphatic heterocycles. The molecule has 1 aromatic heterocycles. The van der Waals surface area contributed by atoms with Gasteiger partial charge >= 0.3 is 0 Å². The van der Waals surface area contributed by atoms with Gasteiger partial charge in [-0.05, 0) is 29.8 Å². The quantitative estimate of drug-likeness (QED) is 0.493. The van der Waals surface area contributed by atoms with Crippen LogP contribution in [0.1, 0.15) is 11.3 Å². The van der Waals surface area contributed by atoms with Gasteiger partial charge in [0.2, 0.25) is 0 Å². The number of hydrogen-bond donors (Lipinski definition) is 0. The summed E-state index contributed by atoms with van der Waals surface area (Å²) >= 11 is 6.18. The third kappa shape index (κ3) is 3.01. The molecule has 2 nitrogen and oxygen atoms in total. The van der Waals surface area contributed by atoms with E-state index in [0.29, 0.717) is 5.02 Å². The molecule has 0 amide bonds. The minimum atomic E-state index is 0.702. The van der Waals surface area contributed by atoms with Crippen molar-refractivity contribution >= 4 is 22.6 Å². The molecule has 3 heteroatoms. The van der Waals surface area contributed by atoms with E-state index in [0.717, 1.165) is 34.4 Å². The predicted molar refractivity (Wildman–Crippen MR) is 99.2 cm³/mol. The van der Waals surface area contributed by atoms with Crippen molar-refractivity contribution < 1.29 is 0 Å². The number of halogens is 1. The Morgan fingerprint density at radius 3 is 2.17 bits per heavy atom. The van der Waals surface area contributed by atoms with Gasteiger partial charge in [0.25, 0.3) is 0 Å². The highest BCUT2D eigenvalue weighted by Crippen LogP contribution is 2.27. The molecule has 0 saturated carbocycles. The van der Waals surface area contributed by atoms with Crippen LogP contribution in [0.3, 0.4) is 0 Å². The van der Waals surface area contributed by atoms with Crippen LogP contribution in [-0.4, -0.2) is 9.97 Å². The fourth-order valence-corrected chi connectivity index (χ4v) is 3.01. The first-order valence-electron chi connectivity index (χ1n) is 7.85. The van der Waals surface area contributed by atoms with E-state index in [9.17, 15) is 0 Å².